The van der Waals surface area contributed by atoms with Crippen LogP contribution in [0.5, 0.6) is 0 Å². The molecular weight excluding hydrogens is 428 g/mol. The average molecular weight is 448 g/mol. The number of amides is 1. The van der Waals surface area contributed by atoms with Gasteiger partial charge in [-0.2, -0.15) is 13.2 Å². The van der Waals surface area contributed by atoms with Gasteiger partial charge >= 0.3 is 6.18 Å². The minimum absolute atomic E-state index is 0.0958. The summed E-state index contributed by atoms with van der Waals surface area (Å²) in [5.41, 5.74) is 5.84. The van der Waals surface area contributed by atoms with E-state index in [4.69, 9.17) is 5.73 Å². The van der Waals surface area contributed by atoms with Crippen LogP contribution in [0.3, 0.4) is 0 Å². The molecule has 0 bridgehead atoms. The molecule has 3 heterocycles. The van der Waals surface area contributed by atoms with Crippen molar-refractivity contribution in [2.75, 3.05) is 23.3 Å². The van der Waals surface area contributed by atoms with Gasteiger partial charge in [0, 0.05) is 30.9 Å². The number of hydrogen-bond acceptors (Lipinski definition) is 5. The Kier molecular flexibility index (Phi) is 5.83. The Morgan fingerprint density at radius 1 is 1.25 bits per heavy atom. The van der Waals surface area contributed by atoms with E-state index in [0.717, 1.165) is 25.1 Å². The standard InChI is InChI=1S/C21H20F4N6O/c22-14-4-1-5-15(18(14)31-8-2-3-13(26)11-31)30-20(32)19-28-10-16(29-19)12-6-7-27-17(9-12)21(23,24)25/h1,4-7,9-10,13H,2-3,8,11,26H2,(H,28,29)(H,30,32). The van der Waals surface area contributed by atoms with Crippen molar-refractivity contribution in [3.05, 3.63) is 60.1 Å². The van der Waals surface area contributed by atoms with Gasteiger partial charge in [-0.15, -0.1) is 0 Å². The zero-order valence-electron chi connectivity index (χ0n) is 16.8. The highest BCUT2D eigenvalue weighted by molar-refractivity contribution is 6.04. The van der Waals surface area contributed by atoms with E-state index in [1.807, 2.05) is 0 Å². The van der Waals surface area contributed by atoms with Gasteiger partial charge in [-0.3, -0.25) is 9.78 Å². The number of H-pyrrole nitrogens is 1. The number of hydrogen-bond donors (Lipinski definition) is 3. The number of nitrogens with one attached hydrogen (secondary N) is 2. The Hall–Kier alpha value is -3.47. The molecule has 4 N–H and O–H groups in total. The fourth-order valence-corrected chi connectivity index (χ4v) is 3.67. The summed E-state index contributed by atoms with van der Waals surface area (Å²) in [6.45, 7) is 1.06. The number of benzene rings is 1. The lowest BCUT2D eigenvalue weighted by atomic mass is 10.1. The number of para-hydroxylation sites is 1. The lowest BCUT2D eigenvalue weighted by Crippen LogP contribution is -2.43. The summed E-state index contributed by atoms with van der Waals surface area (Å²) in [6.07, 6.45) is -0.675. The number of pyridine rings is 1. The number of carbonyl (C=O) groups is 1. The van der Waals surface area contributed by atoms with Gasteiger partial charge in [-0.1, -0.05) is 6.07 Å². The van der Waals surface area contributed by atoms with Crippen molar-refractivity contribution >= 4 is 17.3 Å². The minimum atomic E-state index is -4.60. The summed E-state index contributed by atoms with van der Waals surface area (Å²) in [4.78, 5) is 24.5. The van der Waals surface area contributed by atoms with Gasteiger partial charge in [0.05, 0.1) is 23.3 Å². The van der Waals surface area contributed by atoms with E-state index in [2.05, 4.69) is 20.3 Å². The van der Waals surface area contributed by atoms with E-state index in [0.29, 0.717) is 13.1 Å². The molecule has 1 fully saturated rings. The third kappa shape index (κ3) is 4.57. The number of halogens is 4. The number of nitrogens with two attached hydrogens (primary N) is 1. The Morgan fingerprint density at radius 2 is 2.06 bits per heavy atom. The van der Waals surface area contributed by atoms with Crippen molar-refractivity contribution in [3.63, 3.8) is 0 Å². The fourth-order valence-electron chi connectivity index (χ4n) is 3.67. The van der Waals surface area contributed by atoms with Crippen LogP contribution in [0.4, 0.5) is 28.9 Å². The average Bonchev–Trinajstić information content (AvgIpc) is 3.24. The molecule has 1 saturated heterocycles. The molecule has 1 unspecified atom stereocenters. The van der Waals surface area contributed by atoms with Gasteiger partial charge in [0.2, 0.25) is 0 Å². The maximum Gasteiger partial charge on any atom is 0.433 e. The molecule has 11 heteroatoms. The molecule has 1 aliphatic heterocycles. The highest BCUT2D eigenvalue weighted by Gasteiger charge is 2.32. The number of imidazole rings is 1. The summed E-state index contributed by atoms with van der Waals surface area (Å²) >= 11 is 0. The Morgan fingerprint density at radius 3 is 2.81 bits per heavy atom. The van der Waals surface area contributed by atoms with Crippen molar-refractivity contribution in [3.8, 4) is 11.3 Å². The zero-order valence-corrected chi connectivity index (χ0v) is 16.8. The highest BCUT2D eigenvalue weighted by atomic mass is 19.4. The van der Waals surface area contributed by atoms with Crippen molar-refractivity contribution in [1.82, 2.24) is 15.0 Å². The first-order chi connectivity index (χ1) is 15.2. The topological polar surface area (TPSA) is 99.9 Å². The molecule has 1 aliphatic rings. The van der Waals surface area contributed by atoms with E-state index in [-0.39, 0.29) is 34.5 Å². The molecule has 1 aromatic carbocycles. The number of rotatable bonds is 4. The molecule has 0 radical (unpaired) electrons. The largest absolute Gasteiger partial charge is 0.433 e. The Labute approximate surface area is 180 Å². The van der Waals surface area contributed by atoms with Gasteiger partial charge in [-0.05, 0) is 37.1 Å². The molecule has 3 aromatic rings. The number of anilines is 2. The van der Waals surface area contributed by atoms with E-state index in [1.54, 1.807) is 11.0 Å². The molecule has 32 heavy (non-hydrogen) atoms. The molecule has 1 atom stereocenters. The second-order valence-electron chi connectivity index (χ2n) is 7.51. The van der Waals surface area contributed by atoms with Crippen LogP contribution < -0.4 is 16.0 Å². The van der Waals surface area contributed by atoms with Crippen molar-refractivity contribution < 1.29 is 22.4 Å². The highest BCUT2D eigenvalue weighted by Crippen LogP contribution is 2.32. The summed E-state index contributed by atoms with van der Waals surface area (Å²) in [6, 6.07) is 6.48. The van der Waals surface area contributed by atoms with Crippen molar-refractivity contribution in [2.45, 2.75) is 25.1 Å². The maximum absolute atomic E-state index is 14.6. The zero-order chi connectivity index (χ0) is 22.9. The lowest BCUT2D eigenvalue weighted by Gasteiger charge is -2.34. The van der Waals surface area contributed by atoms with Crippen LogP contribution in [-0.2, 0) is 6.18 Å². The minimum Gasteiger partial charge on any atom is -0.366 e. The van der Waals surface area contributed by atoms with Crippen LogP contribution >= 0.6 is 0 Å². The maximum atomic E-state index is 14.6. The predicted molar refractivity (Wildman–Crippen MR) is 111 cm³/mol. The van der Waals surface area contributed by atoms with Crippen LogP contribution in [0.1, 0.15) is 29.2 Å². The molecule has 2 aromatic heterocycles. The molecule has 0 saturated carbocycles. The molecule has 1 amide bonds. The van der Waals surface area contributed by atoms with E-state index < -0.39 is 23.6 Å². The molecule has 7 nitrogen and oxygen atoms in total. The smallest absolute Gasteiger partial charge is 0.366 e. The Balaban J connectivity index is 1.57. The number of aromatic amines is 1. The summed E-state index contributed by atoms with van der Waals surface area (Å²) < 4.78 is 53.4. The van der Waals surface area contributed by atoms with E-state index in [1.165, 1.54) is 24.4 Å². The summed E-state index contributed by atoms with van der Waals surface area (Å²) in [5, 5.41) is 2.63. The first-order valence-corrected chi connectivity index (χ1v) is 9.91. The van der Waals surface area contributed by atoms with Gasteiger partial charge in [0.15, 0.2) is 5.82 Å². The van der Waals surface area contributed by atoms with E-state index in [9.17, 15) is 22.4 Å². The van der Waals surface area contributed by atoms with Crippen LogP contribution in [-0.4, -0.2) is 40.0 Å². The monoisotopic (exact) mass is 448 g/mol. The molecule has 4 rings (SSSR count). The number of piperidine rings is 1. The van der Waals surface area contributed by atoms with E-state index >= 15 is 0 Å². The second kappa shape index (κ2) is 8.58. The number of nitrogens with zero attached hydrogens (tertiary/aromatic N) is 3. The Bertz CT molecular complexity index is 1130. The van der Waals surface area contributed by atoms with Crippen LogP contribution in [0, 0.1) is 5.82 Å². The first kappa shape index (κ1) is 21.8. The SMILES string of the molecule is NC1CCCN(c2c(F)cccc2NC(=O)c2ncc(-c3ccnc(C(F)(F)F)c3)[nH]2)C1. The van der Waals surface area contributed by atoms with Crippen LogP contribution in [0.15, 0.2) is 42.7 Å². The quantitative estimate of drug-likeness (QED) is 0.527. The number of carbonyl (C=O) groups excluding carboxylic acids is 1. The number of alkyl halides is 3. The number of aromatic nitrogens is 3. The van der Waals surface area contributed by atoms with Gasteiger partial charge in [0.25, 0.3) is 5.91 Å². The van der Waals surface area contributed by atoms with Gasteiger partial charge in [-0.25, -0.2) is 9.37 Å². The van der Waals surface area contributed by atoms with Gasteiger partial charge in [0.1, 0.15) is 11.5 Å². The van der Waals surface area contributed by atoms with Crippen LogP contribution in [0.25, 0.3) is 11.3 Å². The third-order valence-corrected chi connectivity index (χ3v) is 5.16. The third-order valence-electron chi connectivity index (χ3n) is 5.16. The van der Waals surface area contributed by atoms with Crippen LogP contribution in [0.2, 0.25) is 0 Å². The molecule has 0 spiro atoms. The predicted octanol–water partition coefficient (Wildman–Crippen LogP) is 3.81. The fraction of sp³-hybridized carbons (Fsp3) is 0.286. The summed E-state index contributed by atoms with van der Waals surface area (Å²) in [7, 11) is 0. The molecular formula is C21H20F4N6O. The first-order valence-electron chi connectivity index (χ1n) is 9.91. The second-order valence-corrected chi connectivity index (χ2v) is 7.51. The molecule has 0 aliphatic carbocycles. The lowest BCUT2D eigenvalue weighted by molar-refractivity contribution is -0.141. The summed E-state index contributed by atoms with van der Waals surface area (Å²) in [5.74, 6) is -1.28. The normalized spacial score (nSPS) is 16.8. The van der Waals surface area contributed by atoms with Crippen molar-refractivity contribution in [1.29, 1.82) is 0 Å². The molecule has 168 valence electrons. The van der Waals surface area contributed by atoms with Crippen molar-refractivity contribution in [2.24, 2.45) is 5.73 Å². The van der Waals surface area contributed by atoms with Gasteiger partial charge < -0.3 is 20.9 Å².